The molecule has 0 atom stereocenters. The van der Waals surface area contributed by atoms with E-state index in [1.54, 1.807) is 0 Å². The molecule has 0 aromatic heterocycles. The maximum atomic E-state index is 9.44. The molecule has 0 aromatic rings. The van der Waals surface area contributed by atoms with E-state index in [-0.39, 0.29) is 5.78 Å². The lowest BCUT2D eigenvalue weighted by Crippen LogP contribution is -1.75. The first-order chi connectivity index (χ1) is 6.56. The summed E-state index contributed by atoms with van der Waals surface area (Å²) in [6, 6.07) is 0. The third-order valence-electron chi connectivity index (χ3n) is 1.02. The first kappa shape index (κ1) is 19.2. The van der Waals surface area contributed by atoms with Crippen LogP contribution in [-0.4, -0.2) is 29.2 Å². The fourth-order valence-electron chi connectivity index (χ4n) is 0.316. The predicted octanol–water partition coefficient (Wildman–Crippen LogP) is 2.15. The van der Waals surface area contributed by atoms with Crippen LogP contribution in [0.15, 0.2) is 0 Å². The summed E-state index contributed by atoms with van der Waals surface area (Å²) in [5.41, 5.74) is 0. The first-order valence-corrected chi connectivity index (χ1v) is 5.25. The number of rotatable bonds is 4. The Morgan fingerprint density at radius 3 is 1.14 bits per heavy atom. The van der Waals surface area contributed by atoms with Crippen molar-refractivity contribution in [3.63, 3.8) is 0 Å². The van der Waals surface area contributed by atoms with E-state index in [9.17, 15) is 4.79 Å². The van der Waals surface area contributed by atoms with Gasteiger partial charge in [-0.2, -0.15) is 0 Å². The smallest absolute Gasteiger partial charge is 0.126 e. The lowest BCUT2D eigenvalue weighted by molar-refractivity contribution is -0.114. The molecular formula is C11H26O3. The Bertz CT molecular complexity index is 78.5. The average molecular weight is 206 g/mol. The van der Waals surface area contributed by atoms with Crippen molar-refractivity contribution < 1.29 is 15.0 Å². The highest BCUT2D eigenvalue weighted by molar-refractivity contribution is 5.72. The summed E-state index contributed by atoms with van der Waals surface area (Å²) < 4.78 is 0. The molecule has 0 fully saturated rings. The van der Waals surface area contributed by atoms with Gasteiger partial charge >= 0.3 is 0 Å². The second-order valence-corrected chi connectivity index (χ2v) is 3.06. The summed E-state index contributed by atoms with van der Waals surface area (Å²) in [4.78, 5) is 9.44. The Morgan fingerprint density at radius 1 is 0.929 bits per heavy atom. The Balaban J connectivity index is -0.000000131. The molecule has 3 nitrogen and oxygen atoms in total. The van der Waals surface area contributed by atoms with Crippen LogP contribution in [0, 0.1) is 0 Å². The summed E-state index contributed by atoms with van der Waals surface area (Å²) in [5, 5.41) is 16.1. The van der Waals surface area contributed by atoms with Crippen molar-refractivity contribution in [2.24, 2.45) is 0 Å². The van der Waals surface area contributed by atoms with E-state index < -0.39 is 0 Å². The molecule has 0 amide bonds. The number of aliphatic hydroxyl groups excluding tert-OH is 2. The van der Waals surface area contributed by atoms with E-state index in [0.29, 0.717) is 13.2 Å². The van der Waals surface area contributed by atoms with Gasteiger partial charge in [-0.3, -0.25) is 0 Å². The van der Waals surface area contributed by atoms with Gasteiger partial charge in [0.05, 0.1) is 0 Å². The number of unbranched alkanes of at least 4 members (excludes halogenated alkanes) is 2. The number of aliphatic hydroxyl groups is 2. The maximum absolute atomic E-state index is 9.44. The molecule has 14 heavy (non-hydrogen) atoms. The van der Waals surface area contributed by atoms with Crippen LogP contribution in [0.1, 0.15) is 53.4 Å². The molecule has 88 valence electrons. The number of ketones is 1. The molecule has 0 spiro atoms. The zero-order valence-corrected chi connectivity index (χ0v) is 10.0. The highest BCUT2D eigenvalue weighted by Gasteiger charge is 1.69. The van der Waals surface area contributed by atoms with Crippen LogP contribution in [0.5, 0.6) is 0 Å². The topological polar surface area (TPSA) is 57.5 Å². The molecule has 0 aromatic carbocycles. The zero-order valence-electron chi connectivity index (χ0n) is 10.0. The molecule has 2 N–H and O–H groups in total. The monoisotopic (exact) mass is 206 g/mol. The number of Topliss-reactive ketones (excluding diaryl/α,β-unsaturated/α-hetero) is 1. The van der Waals surface area contributed by atoms with Crippen LogP contribution in [0.2, 0.25) is 0 Å². The molecule has 0 heterocycles. The molecule has 3 heteroatoms. The summed E-state index contributed by atoms with van der Waals surface area (Å²) in [6.07, 6.45) is 4.08. The van der Waals surface area contributed by atoms with Crippen molar-refractivity contribution >= 4 is 5.78 Å². The summed E-state index contributed by atoms with van der Waals surface area (Å²) in [6.45, 7) is 7.85. The van der Waals surface area contributed by atoms with Crippen LogP contribution >= 0.6 is 0 Å². The third-order valence-corrected chi connectivity index (χ3v) is 1.02. The van der Waals surface area contributed by atoms with Gasteiger partial charge in [-0.15, -0.1) is 0 Å². The van der Waals surface area contributed by atoms with Gasteiger partial charge in [-0.25, -0.2) is 0 Å². The summed E-state index contributed by atoms with van der Waals surface area (Å²) in [5.74, 6) is 0.167. The lowest BCUT2D eigenvalue weighted by Gasteiger charge is -1.79. The Labute approximate surface area is 88.2 Å². The van der Waals surface area contributed by atoms with E-state index in [4.69, 9.17) is 10.2 Å². The Morgan fingerprint density at radius 2 is 1.14 bits per heavy atom. The molecule has 0 unspecified atom stereocenters. The number of hydrogen-bond acceptors (Lipinski definition) is 3. The van der Waals surface area contributed by atoms with Crippen molar-refractivity contribution in [1.29, 1.82) is 0 Å². The van der Waals surface area contributed by atoms with Crippen LogP contribution < -0.4 is 0 Å². The molecule has 0 aliphatic heterocycles. The standard InChI is InChI=1S/2C4H10O.C3H6O/c2*1-2-3-4-5;1-3(2)4/h2*5H,2-4H2,1H3;1-2H3. The quantitative estimate of drug-likeness (QED) is 0.741. The van der Waals surface area contributed by atoms with Crippen LogP contribution in [0.4, 0.5) is 0 Å². The molecule has 0 rings (SSSR count). The molecule has 0 radical (unpaired) electrons. The third kappa shape index (κ3) is 101. The predicted molar refractivity (Wildman–Crippen MR) is 60.3 cm³/mol. The molecule has 0 aliphatic carbocycles. The molecule has 0 bridgehead atoms. The largest absolute Gasteiger partial charge is 0.396 e. The van der Waals surface area contributed by atoms with E-state index in [1.165, 1.54) is 13.8 Å². The summed E-state index contributed by atoms with van der Waals surface area (Å²) >= 11 is 0. The fourth-order valence-corrected chi connectivity index (χ4v) is 0.316. The van der Waals surface area contributed by atoms with Crippen molar-refractivity contribution in [2.45, 2.75) is 53.4 Å². The highest BCUT2D eigenvalue weighted by atomic mass is 16.3. The zero-order chi connectivity index (χ0) is 11.8. The number of hydrogen-bond donors (Lipinski definition) is 2. The van der Waals surface area contributed by atoms with Crippen molar-refractivity contribution in [3.8, 4) is 0 Å². The van der Waals surface area contributed by atoms with E-state index in [2.05, 4.69) is 13.8 Å². The lowest BCUT2D eigenvalue weighted by atomic mass is 10.4. The molecule has 0 aliphatic rings. The van der Waals surface area contributed by atoms with Gasteiger partial charge in [0, 0.05) is 13.2 Å². The van der Waals surface area contributed by atoms with Gasteiger partial charge in [0.15, 0.2) is 0 Å². The average Bonchev–Trinajstić information content (AvgIpc) is 2.07. The minimum Gasteiger partial charge on any atom is -0.396 e. The van der Waals surface area contributed by atoms with Crippen molar-refractivity contribution in [2.75, 3.05) is 13.2 Å². The van der Waals surface area contributed by atoms with Crippen LogP contribution in [-0.2, 0) is 4.79 Å². The van der Waals surface area contributed by atoms with Crippen molar-refractivity contribution in [1.82, 2.24) is 0 Å². The minimum absolute atomic E-state index is 0.167. The number of carbonyl (C=O) groups excluding carboxylic acids is 1. The second kappa shape index (κ2) is 22.9. The SMILES string of the molecule is CC(C)=O.CCCCO.CCCCO. The maximum Gasteiger partial charge on any atom is 0.126 e. The summed E-state index contributed by atoms with van der Waals surface area (Å²) in [7, 11) is 0. The van der Waals surface area contributed by atoms with Crippen LogP contribution in [0.3, 0.4) is 0 Å². The van der Waals surface area contributed by atoms with Gasteiger partial charge in [-0.1, -0.05) is 26.7 Å². The van der Waals surface area contributed by atoms with Gasteiger partial charge in [0.2, 0.25) is 0 Å². The first-order valence-electron chi connectivity index (χ1n) is 5.25. The van der Waals surface area contributed by atoms with Crippen LogP contribution in [0.25, 0.3) is 0 Å². The fraction of sp³-hybridized carbons (Fsp3) is 0.909. The molecule has 0 saturated carbocycles. The van der Waals surface area contributed by atoms with Gasteiger partial charge in [0.1, 0.15) is 5.78 Å². The Kier molecular flexibility index (Phi) is 31.4. The van der Waals surface area contributed by atoms with E-state index >= 15 is 0 Å². The number of carbonyl (C=O) groups is 1. The highest BCUT2D eigenvalue weighted by Crippen LogP contribution is 1.79. The van der Waals surface area contributed by atoms with Gasteiger partial charge in [-0.05, 0) is 26.7 Å². The van der Waals surface area contributed by atoms with Crippen molar-refractivity contribution in [3.05, 3.63) is 0 Å². The second-order valence-electron chi connectivity index (χ2n) is 3.06. The van der Waals surface area contributed by atoms with E-state index in [1.807, 2.05) is 0 Å². The minimum atomic E-state index is 0.167. The Hall–Kier alpha value is -0.410. The molecular weight excluding hydrogens is 180 g/mol. The van der Waals surface area contributed by atoms with E-state index in [0.717, 1.165) is 25.7 Å². The normalized spacial score (nSPS) is 7.86. The molecule has 0 saturated heterocycles. The van der Waals surface area contributed by atoms with Gasteiger partial charge < -0.3 is 15.0 Å². The van der Waals surface area contributed by atoms with Gasteiger partial charge in [0.25, 0.3) is 0 Å².